The summed E-state index contributed by atoms with van der Waals surface area (Å²) in [5.74, 6) is 1.10. The van der Waals surface area contributed by atoms with Gasteiger partial charge in [0.05, 0.1) is 71.6 Å². The van der Waals surface area contributed by atoms with Crippen molar-refractivity contribution in [2.45, 2.75) is 98.5 Å². The number of halogens is 2. The van der Waals surface area contributed by atoms with E-state index >= 15 is 0 Å². The number of amides is 4. The molecule has 2 heterocycles. The average Bonchev–Trinajstić information content (AvgIpc) is 2.16. The molecule has 2 aliphatic carbocycles. The maximum Gasteiger partial charge on any atom is 0.314 e. The summed E-state index contributed by atoms with van der Waals surface area (Å²) in [6.45, 7) is 10.4. The Morgan fingerprint density at radius 1 is 0.593 bits per heavy atom. The van der Waals surface area contributed by atoms with Gasteiger partial charge in [-0.3, -0.25) is 9.80 Å². The number of hydrogen-bond acceptors (Lipinski definition) is 16. The Morgan fingerprint density at radius 2 is 0.988 bits per heavy atom. The van der Waals surface area contributed by atoms with E-state index in [-0.39, 0.29) is 46.0 Å². The third-order valence-electron chi connectivity index (χ3n) is 16.2. The summed E-state index contributed by atoms with van der Waals surface area (Å²) in [4.78, 5) is 33.3. The first-order valence-electron chi connectivity index (χ1n) is 29.1. The molecule has 4 aromatic rings. The fraction of sp³-hybridized carbons (Fsp3) is 0.533. The third kappa shape index (κ3) is 17.5. The maximum absolute atomic E-state index is 13.5. The Morgan fingerprint density at radius 3 is 1.36 bits per heavy atom. The number of nitrogens with zero attached hydrogens (tertiary/aromatic N) is 6. The van der Waals surface area contributed by atoms with Gasteiger partial charge >= 0.3 is 12.1 Å². The predicted molar refractivity (Wildman–Crippen MR) is 328 cm³/mol. The second-order valence-electron chi connectivity index (χ2n) is 22.8. The Bertz CT molecular complexity index is 3150. The van der Waals surface area contributed by atoms with Crippen LogP contribution in [0.15, 0.2) is 70.5 Å². The van der Waals surface area contributed by atoms with E-state index in [2.05, 4.69) is 62.4 Å². The van der Waals surface area contributed by atoms with E-state index in [1.165, 1.54) is 0 Å². The first-order valence-corrected chi connectivity index (χ1v) is 32.9. The van der Waals surface area contributed by atoms with Gasteiger partial charge in [-0.2, -0.15) is 10.5 Å². The van der Waals surface area contributed by atoms with Gasteiger partial charge in [0.1, 0.15) is 23.7 Å². The van der Waals surface area contributed by atoms with Crippen molar-refractivity contribution in [2.75, 3.05) is 120 Å². The lowest BCUT2D eigenvalue weighted by Gasteiger charge is -2.28. The van der Waals surface area contributed by atoms with E-state index in [0.29, 0.717) is 174 Å². The Balaban J connectivity index is 0.613. The standard InChI is InChI=1S/C60H80Cl2N12O10S2/c1-39-27-47(9-11-55(39)83-57-51-31-43(61)29-41(35-63)49(51)33-53(57)71(3)4)85(77,78)69-45-13-19-73(37-45)21-25-81-23-17-67-59(75)65-15-7-8-16-66-60(76)68-18-24-82-26-22-74-20-14-46(38-74)70-86(79,80)48-10-12-56(40(2)28-48)84-58-52-32-44(62)30-42(36-64)50(52)34-54(58)72(5)6/h9-12,27-32,45-46,53-54,57-58,69-70H,7-8,13-26,33-34,37-38H2,1-6H3,(H2,65,67,75)(H2,66,68,76)/t45-,46-,53-,54-,57-,58-/m0/s1. The van der Waals surface area contributed by atoms with Crippen LogP contribution in [0.5, 0.6) is 11.5 Å². The van der Waals surface area contributed by atoms with Crippen LogP contribution in [0, 0.1) is 36.5 Å². The summed E-state index contributed by atoms with van der Waals surface area (Å²) < 4.78 is 84.3. The van der Waals surface area contributed by atoms with Gasteiger partial charge in [-0.05, 0) is 188 Å². The number of hydrogen-bond donors (Lipinski definition) is 6. The number of carbonyl (C=O) groups excluding carboxylic acids is 2. The minimum absolute atomic E-state index is 0.0432. The summed E-state index contributed by atoms with van der Waals surface area (Å²) in [7, 11) is 0.220. The predicted octanol–water partition coefficient (Wildman–Crippen LogP) is 5.38. The van der Waals surface area contributed by atoms with E-state index in [1.807, 2.05) is 54.2 Å². The molecule has 22 nitrogen and oxygen atoms in total. The highest BCUT2D eigenvalue weighted by atomic mass is 35.5. The molecule has 0 unspecified atom stereocenters. The van der Waals surface area contributed by atoms with Gasteiger partial charge in [0.2, 0.25) is 20.0 Å². The second kappa shape index (κ2) is 30.4. The highest BCUT2D eigenvalue weighted by molar-refractivity contribution is 7.89. The molecule has 0 radical (unpaired) electrons. The first kappa shape index (κ1) is 66.1. The molecule has 2 aliphatic heterocycles. The largest absolute Gasteiger partial charge is 0.484 e. The van der Waals surface area contributed by atoms with E-state index in [9.17, 15) is 36.9 Å². The molecule has 8 rings (SSSR count). The molecular formula is C60H80Cl2N12O10S2. The number of fused-ring (bicyclic) bond motifs is 2. The van der Waals surface area contributed by atoms with Gasteiger partial charge in [0, 0.05) is 74.5 Å². The Kier molecular flexibility index (Phi) is 23.4. The number of nitriles is 2. The van der Waals surface area contributed by atoms with E-state index in [0.717, 1.165) is 22.3 Å². The monoisotopic (exact) mass is 1260 g/mol. The van der Waals surface area contributed by atoms with Crippen LogP contribution in [0.25, 0.3) is 0 Å². The van der Waals surface area contributed by atoms with Crippen molar-refractivity contribution in [3.63, 3.8) is 0 Å². The van der Waals surface area contributed by atoms with Crippen LogP contribution in [-0.4, -0.2) is 193 Å². The lowest BCUT2D eigenvalue weighted by molar-refractivity contribution is 0.110. The van der Waals surface area contributed by atoms with Crippen molar-refractivity contribution < 1.29 is 45.4 Å². The lowest BCUT2D eigenvalue weighted by Crippen LogP contribution is -2.39. The van der Waals surface area contributed by atoms with Crippen molar-refractivity contribution in [2.24, 2.45) is 0 Å². The van der Waals surface area contributed by atoms with E-state index < -0.39 is 32.3 Å². The molecule has 4 aliphatic rings. The highest BCUT2D eigenvalue weighted by Gasteiger charge is 2.40. The third-order valence-corrected chi connectivity index (χ3v) is 19.6. The quantitative estimate of drug-likeness (QED) is 0.0372. The van der Waals surface area contributed by atoms with E-state index in [1.54, 1.807) is 48.5 Å². The number of carbonyl (C=O) groups is 2. The molecule has 0 aromatic heterocycles. The molecule has 86 heavy (non-hydrogen) atoms. The van der Waals surface area contributed by atoms with Crippen LogP contribution in [0.1, 0.15) is 82.4 Å². The van der Waals surface area contributed by atoms with Gasteiger partial charge in [-0.25, -0.2) is 35.9 Å². The van der Waals surface area contributed by atoms with Crippen LogP contribution in [0.4, 0.5) is 9.59 Å². The summed E-state index contributed by atoms with van der Waals surface area (Å²) in [5, 5.41) is 31.6. The molecule has 2 fully saturated rings. The number of aryl methyl sites for hydroxylation is 2. The normalized spacial score (nSPS) is 20.4. The maximum atomic E-state index is 13.5. The van der Waals surface area contributed by atoms with Gasteiger partial charge in [-0.15, -0.1) is 0 Å². The molecular weight excluding hydrogens is 1180 g/mol. The Labute approximate surface area is 516 Å². The van der Waals surface area contributed by atoms with Crippen LogP contribution in [-0.2, 0) is 42.4 Å². The second-order valence-corrected chi connectivity index (χ2v) is 27.1. The lowest BCUT2D eigenvalue weighted by atomic mass is 10.0. The minimum Gasteiger partial charge on any atom is -0.484 e. The number of urea groups is 2. The van der Waals surface area contributed by atoms with Crippen molar-refractivity contribution in [1.82, 2.24) is 50.3 Å². The molecule has 6 atom stereocenters. The van der Waals surface area contributed by atoms with Gasteiger partial charge in [0.25, 0.3) is 0 Å². The number of likely N-dealkylation sites (tertiary alicyclic amines) is 2. The van der Waals surface area contributed by atoms with Gasteiger partial charge < -0.3 is 50.0 Å². The molecule has 6 N–H and O–H groups in total. The zero-order valence-corrected chi connectivity index (χ0v) is 52.9. The molecule has 26 heteroatoms. The molecule has 0 bridgehead atoms. The minimum atomic E-state index is -3.82. The first-order chi connectivity index (χ1) is 41.1. The summed E-state index contributed by atoms with van der Waals surface area (Å²) >= 11 is 12.8. The van der Waals surface area contributed by atoms with Crippen molar-refractivity contribution >= 4 is 55.3 Å². The summed E-state index contributed by atoms with van der Waals surface area (Å²) in [6, 6.07) is 20.0. The molecule has 2 saturated heterocycles. The van der Waals surface area contributed by atoms with Crippen LogP contribution in [0.3, 0.4) is 0 Å². The molecule has 4 amide bonds. The fourth-order valence-electron chi connectivity index (χ4n) is 11.5. The van der Waals surface area contributed by atoms with Crippen molar-refractivity contribution in [1.29, 1.82) is 10.5 Å². The fourth-order valence-corrected chi connectivity index (χ4v) is 14.7. The van der Waals surface area contributed by atoms with E-state index in [4.69, 9.17) is 42.1 Å². The molecule has 0 saturated carbocycles. The number of rotatable bonds is 29. The summed E-state index contributed by atoms with van der Waals surface area (Å²) in [6.07, 6.45) is 3.10. The zero-order chi connectivity index (χ0) is 61.7. The zero-order valence-electron chi connectivity index (χ0n) is 49.7. The van der Waals surface area contributed by atoms with Crippen molar-refractivity contribution in [3.8, 4) is 23.6 Å². The van der Waals surface area contributed by atoms with Gasteiger partial charge in [0.15, 0.2) is 0 Å². The van der Waals surface area contributed by atoms with Crippen molar-refractivity contribution in [3.05, 3.63) is 115 Å². The SMILES string of the molecule is Cc1cc(S(=O)(=O)N[C@H]2CCN(CCOCCNC(=O)NCCCCNC(=O)NCCOCCN3CC[C@H](NS(=O)(=O)c4ccc(O[C@H]5c6cc(Cl)cc(C#N)c6C[C@@H]5N(C)C)c(C)c4)C3)C2)ccc1O[C@H]1c2cc(Cl)cc(C#N)c2C[C@@H]1N(C)C. The number of ether oxygens (including phenoxy) is 4. The smallest absolute Gasteiger partial charge is 0.314 e. The number of benzene rings is 4. The number of nitrogens with one attached hydrogen (secondary N) is 6. The number of likely N-dealkylation sites (N-methyl/N-ethyl adjacent to an activating group) is 2. The van der Waals surface area contributed by atoms with Crippen LogP contribution in [0.2, 0.25) is 10.0 Å². The molecule has 466 valence electrons. The molecule has 0 spiro atoms. The van der Waals surface area contributed by atoms with Crippen LogP contribution < -0.4 is 40.2 Å². The number of unbranched alkanes of at least 4 members (excludes halogenated alkanes) is 1. The highest BCUT2D eigenvalue weighted by Crippen LogP contribution is 2.43. The number of sulfonamides is 2. The molecule has 4 aromatic carbocycles. The Hall–Kier alpha value is -5.84. The topological polar surface area (TPSA) is 272 Å². The van der Waals surface area contributed by atoms with Crippen LogP contribution >= 0.6 is 23.2 Å². The average molecular weight is 1260 g/mol. The summed E-state index contributed by atoms with van der Waals surface area (Å²) in [5.41, 5.74) is 5.94. The van der Waals surface area contributed by atoms with Gasteiger partial charge in [-0.1, -0.05) is 23.2 Å².